The minimum atomic E-state index is -0.942. The van der Waals surface area contributed by atoms with Crippen LogP contribution in [-0.4, -0.2) is 53.5 Å². The summed E-state index contributed by atoms with van der Waals surface area (Å²) in [5.74, 6) is -0.751. The lowest BCUT2D eigenvalue weighted by Crippen LogP contribution is -2.52. The maximum atomic E-state index is 11.8. The van der Waals surface area contributed by atoms with Crippen molar-refractivity contribution in [1.29, 1.82) is 5.26 Å². The number of hydrogen-bond acceptors (Lipinski definition) is 6. The normalized spacial score (nSPS) is 18.6. The summed E-state index contributed by atoms with van der Waals surface area (Å²) in [6, 6.07) is 2.36. The Balaban J connectivity index is 1.98. The fraction of sp³-hybridized carbons (Fsp3) is 0.600. The van der Waals surface area contributed by atoms with Crippen LogP contribution in [0.15, 0.2) is 0 Å². The summed E-state index contributed by atoms with van der Waals surface area (Å²) in [7, 11) is 0. The number of piperazine rings is 1. The van der Waals surface area contributed by atoms with E-state index >= 15 is 0 Å². The molecular weight excluding hydrogens is 358 g/mol. The lowest BCUT2D eigenvalue weighted by molar-refractivity contribution is -0.144. The van der Waals surface area contributed by atoms with Crippen LogP contribution in [0.5, 0.6) is 0 Å². The van der Waals surface area contributed by atoms with Crippen LogP contribution in [-0.2, 0) is 27.4 Å². The summed E-state index contributed by atoms with van der Waals surface area (Å²) >= 11 is 0. The standard InChI is InChI=1S/C20H27N5O3/c1-12(2)16-15-11-28-20(3,4)9-13(15)14(10-21)18(23-16)24-5-7-25(8-6-24)19(27)17(22)26/h12H,5-9,11H2,1-4H3,(H2,22,26). The average molecular weight is 385 g/mol. The number of nitrogens with zero attached hydrogens (tertiary/aromatic N) is 4. The number of primary amides is 1. The molecule has 8 nitrogen and oxygen atoms in total. The summed E-state index contributed by atoms with van der Waals surface area (Å²) in [5.41, 5.74) is 8.35. The Hall–Kier alpha value is -2.66. The molecule has 0 unspecified atom stereocenters. The molecule has 0 aromatic carbocycles. The van der Waals surface area contributed by atoms with Gasteiger partial charge in [0.1, 0.15) is 11.9 Å². The minimum Gasteiger partial charge on any atom is -0.370 e. The summed E-state index contributed by atoms with van der Waals surface area (Å²) in [6.45, 7) is 10.4. The highest BCUT2D eigenvalue weighted by Gasteiger charge is 2.34. The number of nitrogens with two attached hydrogens (primary N) is 1. The summed E-state index contributed by atoms with van der Waals surface area (Å²) in [5, 5.41) is 9.93. The van der Waals surface area contributed by atoms with Gasteiger partial charge in [0, 0.05) is 38.2 Å². The van der Waals surface area contributed by atoms with Crippen molar-refractivity contribution >= 4 is 17.6 Å². The summed E-state index contributed by atoms with van der Waals surface area (Å²) < 4.78 is 5.98. The first-order chi connectivity index (χ1) is 13.1. The lowest BCUT2D eigenvalue weighted by Gasteiger charge is -2.38. The molecule has 8 heteroatoms. The first kappa shape index (κ1) is 20.1. The second-order valence-electron chi connectivity index (χ2n) is 8.29. The highest BCUT2D eigenvalue weighted by Crippen LogP contribution is 2.37. The Morgan fingerprint density at radius 3 is 2.39 bits per heavy atom. The molecule has 3 rings (SSSR count). The highest BCUT2D eigenvalue weighted by molar-refractivity contribution is 6.34. The number of carbonyl (C=O) groups excluding carboxylic acids is 2. The second kappa shape index (κ2) is 7.40. The number of fused-ring (bicyclic) bond motifs is 1. The van der Waals surface area contributed by atoms with Gasteiger partial charge < -0.3 is 20.3 Å². The van der Waals surface area contributed by atoms with Crippen LogP contribution in [0.3, 0.4) is 0 Å². The molecule has 0 radical (unpaired) electrons. The molecule has 0 atom stereocenters. The lowest BCUT2D eigenvalue weighted by atomic mass is 9.86. The van der Waals surface area contributed by atoms with E-state index in [1.807, 2.05) is 18.7 Å². The molecule has 0 spiro atoms. The Morgan fingerprint density at radius 2 is 1.86 bits per heavy atom. The zero-order valence-electron chi connectivity index (χ0n) is 16.9. The van der Waals surface area contributed by atoms with Crippen molar-refractivity contribution in [3.05, 3.63) is 22.4 Å². The predicted molar refractivity (Wildman–Crippen MR) is 104 cm³/mol. The summed E-state index contributed by atoms with van der Waals surface area (Å²) in [6.07, 6.45) is 0.653. The van der Waals surface area contributed by atoms with E-state index in [4.69, 9.17) is 15.5 Å². The van der Waals surface area contributed by atoms with Crippen LogP contribution in [0.4, 0.5) is 5.82 Å². The molecule has 0 saturated carbocycles. The largest absolute Gasteiger partial charge is 0.370 e. The topological polar surface area (TPSA) is 113 Å². The van der Waals surface area contributed by atoms with Crippen molar-refractivity contribution < 1.29 is 14.3 Å². The zero-order chi connectivity index (χ0) is 20.6. The molecule has 2 aliphatic rings. The fourth-order valence-corrected chi connectivity index (χ4v) is 3.88. The van der Waals surface area contributed by atoms with Crippen molar-refractivity contribution in [2.75, 3.05) is 31.1 Å². The molecule has 150 valence electrons. The van der Waals surface area contributed by atoms with Crippen molar-refractivity contribution in [1.82, 2.24) is 9.88 Å². The fourth-order valence-electron chi connectivity index (χ4n) is 3.88. The zero-order valence-corrected chi connectivity index (χ0v) is 16.9. The first-order valence-corrected chi connectivity index (χ1v) is 9.58. The molecule has 1 aromatic heterocycles. The van der Waals surface area contributed by atoms with Gasteiger partial charge in [-0.15, -0.1) is 0 Å². The van der Waals surface area contributed by atoms with Crippen LogP contribution in [0.1, 0.15) is 56.0 Å². The number of pyridine rings is 1. The van der Waals surface area contributed by atoms with Crippen LogP contribution in [0, 0.1) is 11.3 Å². The van der Waals surface area contributed by atoms with E-state index in [2.05, 4.69) is 19.9 Å². The van der Waals surface area contributed by atoms with Crippen molar-refractivity contribution in [2.24, 2.45) is 5.73 Å². The van der Waals surface area contributed by atoms with E-state index in [1.54, 1.807) is 0 Å². The van der Waals surface area contributed by atoms with Crippen molar-refractivity contribution in [2.45, 2.75) is 52.2 Å². The van der Waals surface area contributed by atoms with E-state index in [0.717, 1.165) is 16.8 Å². The van der Waals surface area contributed by atoms with E-state index in [-0.39, 0.29) is 11.5 Å². The van der Waals surface area contributed by atoms with Gasteiger partial charge in [-0.25, -0.2) is 4.98 Å². The van der Waals surface area contributed by atoms with Crippen LogP contribution < -0.4 is 10.6 Å². The molecule has 28 heavy (non-hydrogen) atoms. The monoisotopic (exact) mass is 385 g/mol. The van der Waals surface area contributed by atoms with Gasteiger partial charge in [-0.05, 0) is 25.3 Å². The van der Waals surface area contributed by atoms with Gasteiger partial charge >= 0.3 is 11.8 Å². The first-order valence-electron chi connectivity index (χ1n) is 9.58. The molecule has 1 saturated heterocycles. The molecule has 2 N–H and O–H groups in total. The number of ether oxygens (including phenoxy) is 1. The second-order valence-corrected chi connectivity index (χ2v) is 8.29. The SMILES string of the molecule is CC(C)c1nc(N2CCN(C(=O)C(N)=O)CC2)c(C#N)c2c1COC(C)(C)C2. The van der Waals surface area contributed by atoms with Gasteiger partial charge in [-0.3, -0.25) is 9.59 Å². The van der Waals surface area contributed by atoms with E-state index in [9.17, 15) is 14.9 Å². The smallest absolute Gasteiger partial charge is 0.311 e. The molecule has 2 aliphatic heterocycles. The third-order valence-electron chi connectivity index (χ3n) is 5.37. The highest BCUT2D eigenvalue weighted by atomic mass is 16.5. The van der Waals surface area contributed by atoms with Gasteiger partial charge in [-0.2, -0.15) is 5.26 Å². The van der Waals surface area contributed by atoms with E-state index in [1.165, 1.54) is 4.90 Å². The maximum absolute atomic E-state index is 11.8. The number of carbonyl (C=O) groups is 2. The Labute approximate surface area is 165 Å². The van der Waals surface area contributed by atoms with Gasteiger partial charge in [0.25, 0.3) is 0 Å². The van der Waals surface area contributed by atoms with Gasteiger partial charge in [0.2, 0.25) is 0 Å². The van der Waals surface area contributed by atoms with Gasteiger partial charge in [0.05, 0.1) is 23.5 Å². The molecular formula is C20H27N5O3. The van der Waals surface area contributed by atoms with E-state index < -0.39 is 11.8 Å². The number of nitriles is 1. The molecule has 1 fully saturated rings. The van der Waals surface area contributed by atoms with Crippen molar-refractivity contribution in [3.8, 4) is 6.07 Å². The molecule has 0 aliphatic carbocycles. The molecule has 2 amide bonds. The average Bonchev–Trinajstić information content (AvgIpc) is 2.65. The number of aromatic nitrogens is 1. The van der Waals surface area contributed by atoms with Gasteiger partial charge in [-0.1, -0.05) is 13.8 Å². The Bertz CT molecular complexity index is 848. The third-order valence-corrected chi connectivity index (χ3v) is 5.37. The number of anilines is 1. The third kappa shape index (κ3) is 3.67. The maximum Gasteiger partial charge on any atom is 0.311 e. The molecule has 1 aromatic rings. The Morgan fingerprint density at radius 1 is 1.21 bits per heavy atom. The van der Waals surface area contributed by atoms with Crippen molar-refractivity contribution in [3.63, 3.8) is 0 Å². The van der Waals surface area contributed by atoms with Gasteiger partial charge in [0.15, 0.2) is 0 Å². The van der Waals surface area contributed by atoms with Crippen LogP contribution >= 0.6 is 0 Å². The number of rotatable bonds is 2. The summed E-state index contributed by atoms with van der Waals surface area (Å²) in [4.78, 5) is 31.3. The van der Waals surface area contributed by atoms with Crippen LogP contribution in [0.2, 0.25) is 0 Å². The number of hydrogen-bond donors (Lipinski definition) is 1. The predicted octanol–water partition coefficient (Wildman–Crippen LogP) is 1.06. The number of amides is 2. The van der Waals surface area contributed by atoms with E-state index in [0.29, 0.717) is 50.6 Å². The van der Waals surface area contributed by atoms with Crippen LogP contribution in [0.25, 0.3) is 0 Å². The Kier molecular flexibility index (Phi) is 5.31. The molecule has 3 heterocycles. The minimum absolute atomic E-state index is 0.197. The molecule has 0 bridgehead atoms. The quantitative estimate of drug-likeness (QED) is 0.762.